The van der Waals surface area contributed by atoms with E-state index in [1.807, 2.05) is 0 Å². The van der Waals surface area contributed by atoms with Crippen LogP contribution >= 0.6 is 0 Å². The van der Waals surface area contributed by atoms with Gasteiger partial charge in [-0.15, -0.1) is 0 Å². The van der Waals surface area contributed by atoms with Crippen LogP contribution in [0.25, 0.3) is 0 Å². The van der Waals surface area contributed by atoms with E-state index >= 15 is 0 Å². The summed E-state index contributed by atoms with van der Waals surface area (Å²) in [6, 6.07) is 0. The zero-order valence-corrected chi connectivity index (χ0v) is 5.94. The lowest BCUT2D eigenvalue weighted by atomic mass is 10.0. The molecule has 0 aliphatic carbocycles. The van der Waals surface area contributed by atoms with E-state index in [-0.39, 0.29) is 6.67 Å². The van der Waals surface area contributed by atoms with Crippen LogP contribution in [0.15, 0.2) is 0 Å². The van der Waals surface area contributed by atoms with Gasteiger partial charge in [0.1, 0.15) is 0 Å². The molecular formula is C7H14FN. The van der Waals surface area contributed by atoms with Crippen molar-refractivity contribution in [2.24, 2.45) is 5.92 Å². The predicted octanol–water partition coefficient (Wildman–Crippen LogP) is 1.30. The quantitative estimate of drug-likeness (QED) is 0.558. The average Bonchev–Trinajstić information content (AvgIpc) is 1.78. The highest BCUT2D eigenvalue weighted by Gasteiger charge is 2.20. The Labute approximate surface area is 55.8 Å². The summed E-state index contributed by atoms with van der Waals surface area (Å²) in [5.74, 6) is 0.851. The van der Waals surface area contributed by atoms with Gasteiger partial charge in [-0.2, -0.15) is 0 Å². The first-order chi connectivity index (χ1) is 4.33. The van der Waals surface area contributed by atoms with Crippen LogP contribution in [0.4, 0.5) is 4.39 Å². The van der Waals surface area contributed by atoms with Gasteiger partial charge in [0, 0.05) is 19.6 Å². The largest absolute Gasteiger partial charge is 0.303 e. The minimum atomic E-state index is -0.162. The summed E-state index contributed by atoms with van der Waals surface area (Å²) in [5.41, 5.74) is 0. The average molecular weight is 131 g/mol. The number of likely N-dealkylation sites (tertiary alicyclic amines) is 1. The molecule has 0 saturated carbocycles. The summed E-state index contributed by atoms with van der Waals surface area (Å²) in [6.45, 7) is 5.39. The second kappa shape index (κ2) is 3.16. The summed E-state index contributed by atoms with van der Waals surface area (Å²) in [4.78, 5) is 2.30. The third kappa shape index (κ3) is 1.94. The molecule has 0 atom stereocenters. The van der Waals surface area contributed by atoms with Gasteiger partial charge in [-0.05, 0) is 12.3 Å². The van der Waals surface area contributed by atoms with Crippen LogP contribution in [0.3, 0.4) is 0 Å². The molecule has 1 rings (SSSR count). The standard InChI is InChI=1S/C7H14FN/c1-7-5-9(6-7)4-2-3-8/h7H,2-6H2,1H3. The first-order valence-electron chi connectivity index (χ1n) is 3.61. The predicted molar refractivity (Wildman–Crippen MR) is 36.2 cm³/mol. The lowest BCUT2D eigenvalue weighted by molar-refractivity contribution is 0.109. The minimum absolute atomic E-state index is 0.162. The fourth-order valence-corrected chi connectivity index (χ4v) is 1.29. The van der Waals surface area contributed by atoms with Crippen molar-refractivity contribution in [2.45, 2.75) is 13.3 Å². The minimum Gasteiger partial charge on any atom is -0.303 e. The van der Waals surface area contributed by atoms with Gasteiger partial charge in [0.05, 0.1) is 6.67 Å². The first kappa shape index (κ1) is 7.00. The van der Waals surface area contributed by atoms with Gasteiger partial charge in [0.15, 0.2) is 0 Å². The molecule has 1 heterocycles. The Morgan fingerprint density at radius 3 is 2.67 bits per heavy atom. The number of nitrogens with zero attached hydrogens (tertiary/aromatic N) is 1. The van der Waals surface area contributed by atoms with Crippen molar-refractivity contribution >= 4 is 0 Å². The third-order valence-electron chi connectivity index (χ3n) is 1.75. The van der Waals surface area contributed by atoms with Crippen LogP contribution in [0, 0.1) is 5.92 Å². The third-order valence-corrected chi connectivity index (χ3v) is 1.75. The van der Waals surface area contributed by atoms with Crippen LogP contribution in [0.1, 0.15) is 13.3 Å². The van der Waals surface area contributed by atoms with Crippen LogP contribution in [0.5, 0.6) is 0 Å². The number of hydrogen-bond donors (Lipinski definition) is 0. The van der Waals surface area contributed by atoms with E-state index in [0.717, 1.165) is 12.5 Å². The molecule has 1 nitrogen and oxygen atoms in total. The van der Waals surface area contributed by atoms with E-state index in [1.165, 1.54) is 13.1 Å². The molecule has 0 aromatic rings. The summed E-state index contributed by atoms with van der Waals surface area (Å²) in [6.07, 6.45) is 0.715. The fourth-order valence-electron chi connectivity index (χ4n) is 1.29. The van der Waals surface area contributed by atoms with Crippen LogP contribution in [-0.4, -0.2) is 31.2 Å². The van der Waals surface area contributed by atoms with E-state index < -0.39 is 0 Å². The maximum absolute atomic E-state index is 11.6. The van der Waals surface area contributed by atoms with Crippen molar-refractivity contribution in [2.75, 3.05) is 26.3 Å². The van der Waals surface area contributed by atoms with Crippen molar-refractivity contribution in [1.82, 2.24) is 4.90 Å². The van der Waals surface area contributed by atoms with Crippen LogP contribution < -0.4 is 0 Å². The monoisotopic (exact) mass is 131 g/mol. The molecule has 0 N–H and O–H groups in total. The summed E-state index contributed by atoms with van der Waals surface area (Å²) in [5, 5.41) is 0. The lowest BCUT2D eigenvalue weighted by Gasteiger charge is -2.36. The molecule has 1 fully saturated rings. The normalized spacial score (nSPS) is 22.0. The second-order valence-electron chi connectivity index (χ2n) is 2.91. The van der Waals surface area contributed by atoms with Gasteiger partial charge in [0.25, 0.3) is 0 Å². The Morgan fingerprint density at radius 2 is 2.22 bits per heavy atom. The highest BCUT2D eigenvalue weighted by molar-refractivity contribution is 4.75. The summed E-state index contributed by atoms with van der Waals surface area (Å²) >= 11 is 0. The Morgan fingerprint density at radius 1 is 1.56 bits per heavy atom. The van der Waals surface area contributed by atoms with Gasteiger partial charge in [-0.25, -0.2) is 0 Å². The number of hydrogen-bond acceptors (Lipinski definition) is 1. The maximum atomic E-state index is 11.6. The molecule has 54 valence electrons. The van der Waals surface area contributed by atoms with Crippen LogP contribution in [-0.2, 0) is 0 Å². The Balaban J connectivity index is 1.91. The van der Waals surface area contributed by atoms with Crippen molar-refractivity contribution in [3.8, 4) is 0 Å². The van der Waals surface area contributed by atoms with Crippen molar-refractivity contribution in [1.29, 1.82) is 0 Å². The van der Waals surface area contributed by atoms with E-state index in [4.69, 9.17) is 0 Å². The highest BCUT2D eigenvalue weighted by atomic mass is 19.1. The molecule has 0 aromatic carbocycles. The lowest BCUT2D eigenvalue weighted by Crippen LogP contribution is -2.45. The molecule has 1 aliphatic rings. The zero-order valence-electron chi connectivity index (χ0n) is 5.94. The Kier molecular flexibility index (Phi) is 2.46. The van der Waals surface area contributed by atoms with Gasteiger partial charge in [-0.3, -0.25) is 4.39 Å². The van der Waals surface area contributed by atoms with Crippen LogP contribution in [0.2, 0.25) is 0 Å². The Bertz CT molecular complexity index is 79.0. The molecule has 2 heteroatoms. The molecule has 1 saturated heterocycles. The molecule has 0 radical (unpaired) electrons. The van der Waals surface area contributed by atoms with Gasteiger partial charge in [-0.1, -0.05) is 6.92 Å². The molecule has 1 aliphatic heterocycles. The maximum Gasteiger partial charge on any atom is 0.0906 e. The SMILES string of the molecule is CC1CN(CCCF)C1. The molecule has 9 heavy (non-hydrogen) atoms. The number of alkyl halides is 1. The fraction of sp³-hybridized carbons (Fsp3) is 1.00. The summed E-state index contributed by atoms with van der Waals surface area (Å²) in [7, 11) is 0. The summed E-state index contributed by atoms with van der Waals surface area (Å²) < 4.78 is 11.6. The highest BCUT2D eigenvalue weighted by Crippen LogP contribution is 2.13. The van der Waals surface area contributed by atoms with E-state index in [2.05, 4.69) is 11.8 Å². The number of rotatable bonds is 3. The second-order valence-corrected chi connectivity index (χ2v) is 2.91. The molecule has 0 spiro atoms. The van der Waals surface area contributed by atoms with Crippen molar-refractivity contribution < 1.29 is 4.39 Å². The molecule has 0 bridgehead atoms. The first-order valence-corrected chi connectivity index (χ1v) is 3.61. The molecule has 0 aromatic heterocycles. The molecule has 0 unspecified atom stereocenters. The topological polar surface area (TPSA) is 3.24 Å². The van der Waals surface area contributed by atoms with Gasteiger partial charge >= 0.3 is 0 Å². The van der Waals surface area contributed by atoms with E-state index in [0.29, 0.717) is 6.42 Å². The van der Waals surface area contributed by atoms with Crippen molar-refractivity contribution in [3.63, 3.8) is 0 Å². The van der Waals surface area contributed by atoms with Gasteiger partial charge in [0.2, 0.25) is 0 Å². The smallest absolute Gasteiger partial charge is 0.0906 e. The number of halogens is 1. The van der Waals surface area contributed by atoms with E-state index in [9.17, 15) is 4.39 Å². The van der Waals surface area contributed by atoms with E-state index in [1.54, 1.807) is 0 Å². The zero-order chi connectivity index (χ0) is 6.69. The molecular weight excluding hydrogens is 117 g/mol. The van der Waals surface area contributed by atoms with Crippen molar-refractivity contribution in [3.05, 3.63) is 0 Å². The molecule has 0 amide bonds. The van der Waals surface area contributed by atoms with Gasteiger partial charge < -0.3 is 4.90 Å². The Hall–Kier alpha value is -0.110.